The molecule has 0 aliphatic carbocycles. The first-order valence-corrected chi connectivity index (χ1v) is 15.6. The van der Waals surface area contributed by atoms with E-state index in [0.717, 1.165) is 11.1 Å². The lowest BCUT2D eigenvalue weighted by atomic mass is 9.99. The Labute approximate surface area is 245 Å². The quantitative estimate of drug-likeness (QED) is 0.328. The van der Waals surface area contributed by atoms with Gasteiger partial charge in [0, 0.05) is 44.2 Å². The summed E-state index contributed by atoms with van der Waals surface area (Å²) in [4.78, 5) is 42.5. The Morgan fingerprint density at radius 2 is 1.78 bits per heavy atom. The number of sulfonamides is 1. The molecule has 0 bridgehead atoms. The van der Waals surface area contributed by atoms with Crippen LogP contribution in [0, 0.1) is 0 Å². The number of nitrogens with two attached hydrogens (primary N) is 1. The number of nitrogens with zero attached hydrogens (tertiary/aromatic N) is 2. The molecule has 2 aliphatic rings. The molecule has 0 aromatic heterocycles. The smallest absolute Gasteiger partial charge is 0.243 e. The molecule has 2 aromatic rings. The molecule has 0 radical (unpaired) electrons. The summed E-state index contributed by atoms with van der Waals surface area (Å²) in [5.41, 5.74) is 7.98. The zero-order valence-corrected chi connectivity index (χ0v) is 24.3. The molecule has 4 rings (SSSR count). The first kappa shape index (κ1) is 30.9. The van der Waals surface area contributed by atoms with Crippen molar-refractivity contribution in [3.05, 3.63) is 70.2 Å². The van der Waals surface area contributed by atoms with E-state index in [2.05, 4.69) is 10.0 Å². The van der Waals surface area contributed by atoms with Crippen molar-refractivity contribution in [2.45, 2.75) is 50.2 Å². The number of carbonyl (C=O) groups is 3. The van der Waals surface area contributed by atoms with E-state index in [-0.39, 0.29) is 43.5 Å². The fourth-order valence-electron chi connectivity index (χ4n) is 4.91. The zero-order chi connectivity index (χ0) is 29.4. The summed E-state index contributed by atoms with van der Waals surface area (Å²) < 4.78 is 33.9. The number of hydrogen-bond acceptors (Lipinski definition) is 7. The van der Waals surface area contributed by atoms with Crippen molar-refractivity contribution in [3.8, 4) is 0 Å². The van der Waals surface area contributed by atoms with E-state index < -0.39 is 28.0 Å². The Kier molecular flexibility index (Phi) is 10.7. The summed E-state index contributed by atoms with van der Waals surface area (Å²) in [6.45, 7) is 2.54. The molecular weight excluding hydrogens is 570 g/mol. The maximum absolute atomic E-state index is 13.6. The Bertz CT molecular complexity index is 1340. The van der Waals surface area contributed by atoms with Gasteiger partial charge in [-0.25, -0.2) is 13.1 Å². The molecule has 2 aliphatic heterocycles. The lowest BCUT2D eigenvalue weighted by Crippen LogP contribution is -2.62. The molecule has 4 N–H and O–H groups in total. The molecule has 222 valence electrons. The molecule has 3 amide bonds. The van der Waals surface area contributed by atoms with Crippen LogP contribution in [0.4, 0.5) is 0 Å². The fourth-order valence-corrected chi connectivity index (χ4v) is 6.47. The van der Waals surface area contributed by atoms with Crippen LogP contribution < -0.4 is 15.8 Å². The molecule has 11 nitrogen and oxygen atoms in total. The third kappa shape index (κ3) is 8.49. The number of carbonyl (C=O) groups excluding carboxylic acids is 3. The molecule has 2 heterocycles. The van der Waals surface area contributed by atoms with Crippen molar-refractivity contribution >= 4 is 39.3 Å². The van der Waals surface area contributed by atoms with Crippen LogP contribution in [0.25, 0.3) is 0 Å². The number of nitrogens with one attached hydrogen (secondary N) is 2. The zero-order valence-electron chi connectivity index (χ0n) is 22.8. The number of ether oxygens (including phenoxy) is 1. The fraction of sp³-hybridized carbons (Fsp3) is 0.464. The molecule has 41 heavy (non-hydrogen) atoms. The van der Waals surface area contributed by atoms with Crippen molar-refractivity contribution in [1.29, 1.82) is 0 Å². The van der Waals surface area contributed by atoms with Gasteiger partial charge in [0.25, 0.3) is 0 Å². The second-order valence-electron chi connectivity index (χ2n) is 10.1. The van der Waals surface area contributed by atoms with Gasteiger partial charge in [0.2, 0.25) is 27.7 Å². The molecule has 2 aromatic carbocycles. The van der Waals surface area contributed by atoms with Gasteiger partial charge in [0.15, 0.2) is 0 Å². The van der Waals surface area contributed by atoms with Gasteiger partial charge in [-0.1, -0.05) is 48.0 Å². The van der Waals surface area contributed by atoms with Crippen molar-refractivity contribution in [2.75, 3.05) is 32.8 Å². The highest BCUT2D eigenvalue weighted by atomic mass is 35.5. The lowest BCUT2D eigenvalue weighted by molar-refractivity contribution is -0.149. The maximum atomic E-state index is 13.6. The van der Waals surface area contributed by atoms with Gasteiger partial charge in [-0.05, 0) is 41.7 Å². The molecular formula is C28H36ClN5O6S. The van der Waals surface area contributed by atoms with E-state index in [1.165, 1.54) is 4.90 Å². The summed E-state index contributed by atoms with van der Waals surface area (Å²) in [5, 5.41) is 3.36. The van der Waals surface area contributed by atoms with E-state index in [0.29, 0.717) is 49.9 Å². The second kappa shape index (κ2) is 14.2. The standard InChI is InChI=1S/C28H36ClN5O6S/c29-23-7-6-21(17-30)22(16-23)18-31-27(36)25-10-11-34(25)28(37)24(8-9-26(35)33-12-14-40-15-13-33)32-41(38,39)19-20-4-2-1-3-5-20/h1-7,16,24-25,32H,8-15,17-19,30H2,(H,31,36)/t24-,25+/m1/s1. The summed E-state index contributed by atoms with van der Waals surface area (Å²) in [6, 6.07) is 11.9. The van der Waals surface area contributed by atoms with Crippen LogP contribution in [0.5, 0.6) is 0 Å². The van der Waals surface area contributed by atoms with Crippen molar-refractivity contribution < 1.29 is 27.5 Å². The minimum Gasteiger partial charge on any atom is -0.378 e. The number of benzene rings is 2. The minimum atomic E-state index is -3.93. The van der Waals surface area contributed by atoms with E-state index in [1.807, 2.05) is 0 Å². The third-order valence-electron chi connectivity index (χ3n) is 7.28. The predicted octanol–water partition coefficient (Wildman–Crippen LogP) is 1.14. The Hall–Kier alpha value is -3.03. The molecule has 2 saturated heterocycles. The molecule has 0 spiro atoms. The number of rotatable bonds is 12. The normalized spacial score (nSPS) is 18.0. The second-order valence-corrected chi connectivity index (χ2v) is 12.3. The summed E-state index contributed by atoms with van der Waals surface area (Å²) in [6.07, 6.45) is 0.384. The first-order valence-electron chi connectivity index (χ1n) is 13.6. The monoisotopic (exact) mass is 605 g/mol. The van der Waals surface area contributed by atoms with Crippen LogP contribution in [-0.2, 0) is 48.0 Å². The maximum Gasteiger partial charge on any atom is 0.243 e. The first-order chi connectivity index (χ1) is 19.7. The molecule has 2 fully saturated rings. The van der Waals surface area contributed by atoms with E-state index in [4.69, 9.17) is 22.1 Å². The minimum absolute atomic E-state index is 0.0222. The van der Waals surface area contributed by atoms with E-state index >= 15 is 0 Å². The van der Waals surface area contributed by atoms with Crippen LogP contribution in [0.3, 0.4) is 0 Å². The Morgan fingerprint density at radius 3 is 2.44 bits per heavy atom. The van der Waals surface area contributed by atoms with E-state index in [1.54, 1.807) is 53.4 Å². The van der Waals surface area contributed by atoms with Crippen LogP contribution in [-0.4, -0.2) is 80.9 Å². The number of amides is 3. The summed E-state index contributed by atoms with van der Waals surface area (Å²) >= 11 is 6.10. The Morgan fingerprint density at radius 1 is 1.05 bits per heavy atom. The predicted molar refractivity (Wildman–Crippen MR) is 154 cm³/mol. The van der Waals surface area contributed by atoms with Gasteiger partial charge >= 0.3 is 0 Å². The summed E-state index contributed by atoms with van der Waals surface area (Å²) in [5.74, 6) is -1.39. The largest absolute Gasteiger partial charge is 0.378 e. The third-order valence-corrected chi connectivity index (χ3v) is 8.87. The average molecular weight is 606 g/mol. The van der Waals surface area contributed by atoms with Gasteiger partial charge in [-0.15, -0.1) is 0 Å². The van der Waals surface area contributed by atoms with Crippen molar-refractivity contribution in [1.82, 2.24) is 19.8 Å². The van der Waals surface area contributed by atoms with Gasteiger partial charge < -0.3 is 25.6 Å². The number of morpholine rings is 1. The van der Waals surface area contributed by atoms with Crippen LogP contribution in [0.15, 0.2) is 48.5 Å². The van der Waals surface area contributed by atoms with Gasteiger partial charge in [0.1, 0.15) is 12.1 Å². The van der Waals surface area contributed by atoms with Crippen LogP contribution in [0.2, 0.25) is 5.02 Å². The van der Waals surface area contributed by atoms with Crippen LogP contribution >= 0.6 is 11.6 Å². The van der Waals surface area contributed by atoms with E-state index in [9.17, 15) is 22.8 Å². The lowest BCUT2D eigenvalue weighted by Gasteiger charge is -2.41. The summed E-state index contributed by atoms with van der Waals surface area (Å²) in [7, 11) is -3.93. The molecule has 0 unspecified atom stereocenters. The number of hydrogen-bond donors (Lipinski definition) is 3. The van der Waals surface area contributed by atoms with Gasteiger partial charge in [-0.2, -0.15) is 0 Å². The molecule has 0 saturated carbocycles. The van der Waals surface area contributed by atoms with Crippen molar-refractivity contribution in [2.24, 2.45) is 5.73 Å². The highest BCUT2D eigenvalue weighted by Gasteiger charge is 2.41. The Balaban J connectivity index is 1.43. The molecule has 13 heteroatoms. The van der Waals surface area contributed by atoms with Crippen LogP contribution in [0.1, 0.15) is 36.0 Å². The SMILES string of the molecule is NCc1ccc(Cl)cc1CNC(=O)[C@@H]1CCN1C(=O)[C@@H](CCC(=O)N1CCOCC1)NS(=O)(=O)Cc1ccccc1. The van der Waals surface area contributed by atoms with Gasteiger partial charge in [-0.3, -0.25) is 14.4 Å². The molecule has 2 atom stereocenters. The van der Waals surface area contributed by atoms with Crippen molar-refractivity contribution in [3.63, 3.8) is 0 Å². The number of halogens is 1. The average Bonchev–Trinajstić information content (AvgIpc) is 2.94. The topological polar surface area (TPSA) is 151 Å². The number of likely N-dealkylation sites (tertiary alicyclic amines) is 1. The highest BCUT2D eigenvalue weighted by molar-refractivity contribution is 7.88. The highest BCUT2D eigenvalue weighted by Crippen LogP contribution is 2.22. The van der Waals surface area contributed by atoms with Gasteiger partial charge in [0.05, 0.1) is 19.0 Å².